The van der Waals surface area contributed by atoms with Crippen LogP contribution < -0.4 is 0 Å². The minimum absolute atomic E-state index is 0.104. The third kappa shape index (κ3) is 3.33. The summed E-state index contributed by atoms with van der Waals surface area (Å²) in [5.74, 6) is -0.219. The fourth-order valence-electron chi connectivity index (χ4n) is 1.89. The van der Waals surface area contributed by atoms with Crippen LogP contribution >= 0.6 is 27.5 Å². The summed E-state index contributed by atoms with van der Waals surface area (Å²) in [6.07, 6.45) is 0.694. The first-order valence-electron chi connectivity index (χ1n) is 5.71. The summed E-state index contributed by atoms with van der Waals surface area (Å²) < 4.78 is 13.8. The second-order valence-electron chi connectivity index (χ2n) is 4.30. The summed E-state index contributed by atoms with van der Waals surface area (Å²) >= 11 is 9.89. The van der Waals surface area contributed by atoms with Crippen molar-refractivity contribution in [1.82, 2.24) is 0 Å². The number of alkyl halides is 1. The Bertz CT molecular complexity index is 537. The molecule has 0 amide bonds. The second kappa shape index (κ2) is 5.85. The third-order valence-corrected chi connectivity index (χ3v) is 3.79. The van der Waals surface area contributed by atoms with Crippen LogP contribution in [-0.2, 0) is 6.42 Å². The van der Waals surface area contributed by atoms with Crippen molar-refractivity contribution in [2.75, 3.05) is 0 Å². The summed E-state index contributed by atoms with van der Waals surface area (Å²) in [6.45, 7) is 2.04. The van der Waals surface area contributed by atoms with Crippen molar-refractivity contribution in [2.45, 2.75) is 18.7 Å². The van der Waals surface area contributed by atoms with E-state index in [-0.39, 0.29) is 11.2 Å². The maximum atomic E-state index is 12.8. The Morgan fingerprint density at radius 2 is 1.83 bits per heavy atom. The molecular weight excluding hydrogens is 315 g/mol. The second-order valence-corrected chi connectivity index (χ2v) is 5.74. The molecule has 0 aromatic heterocycles. The number of halogens is 3. The van der Waals surface area contributed by atoms with Crippen molar-refractivity contribution in [3.05, 3.63) is 69.4 Å². The van der Waals surface area contributed by atoms with Gasteiger partial charge in [0.25, 0.3) is 0 Å². The van der Waals surface area contributed by atoms with E-state index >= 15 is 0 Å². The molecule has 2 aromatic carbocycles. The lowest BCUT2D eigenvalue weighted by atomic mass is 10.0. The molecule has 0 N–H and O–H groups in total. The molecule has 2 rings (SSSR count). The number of rotatable bonds is 3. The maximum absolute atomic E-state index is 12.8. The first kappa shape index (κ1) is 13.6. The zero-order valence-corrected chi connectivity index (χ0v) is 12.3. The van der Waals surface area contributed by atoms with Gasteiger partial charge in [0, 0.05) is 4.47 Å². The first-order chi connectivity index (χ1) is 8.56. The van der Waals surface area contributed by atoms with Crippen molar-refractivity contribution >= 4 is 27.5 Å². The van der Waals surface area contributed by atoms with Gasteiger partial charge in [-0.2, -0.15) is 0 Å². The third-order valence-electron chi connectivity index (χ3n) is 2.91. The van der Waals surface area contributed by atoms with Gasteiger partial charge >= 0.3 is 0 Å². The van der Waals surface area contributed by atoms with Crippen LogP contribution in [0.1, 0.15) is 22.1 Å². The fourth-order valence-corrected chi connectivity index (χ4v) is 2.68. The summed E-state index contributed by atoms with van der Waals surface area (Å²) in [5, 5.41) is -0.104. The molecular formula is C15H13BrClF. The van der Waals surface area contributed by atoms with Crippen LogP contribution in [0.4, 0.5) is 4.39 Å². The SMILES string of the molecule is Cc1ccc(Br)cc1C(Cl)Cc1ccc(F)cc1. The highest BCUT2D eigenvalue weighted by molar-refractivity contribution is 9.10. The minimum Gasteiger partial charge on any atom is -0.207 e. The predicted octanol–water partition coefficient (Wildman–Crippen LogP) is 5.42. The molecule has 0 spiro atoms. The molecule has 0 nitrogen and oxygen atoms in total. The average Bonchev–Trinajstić information content (AvgIpc) is 2.35. The fraction of sp³-hybridized carbons (Fsp3) is 0.200. The van der Waals surface area contributed by atoms with Gasteiger partial charge in [-0.05, 0) is 54.3 Å². The molecule has 1 atom stereocenters. The number of hydrogen-bond acceptors (Lipinski definition) is 0. The highest BCUT2D eigenvalue weighted by Crippen LogP contribution is 2.29. The van der Waals surface area contributed by atoms with Crippen molar-refractivity contribution in [3.63, 3.8) is 0 Å². The minimum atomic E-state index is -0.219. The van der Waals surface area contributed by atoms with E-state index in [0.29, 0.717) is 6.42 Å². The summed E-state index contributed by atoms with van der Waals surface area (Å²) in [5.41, 5.74) is 3.31. The smallest absolute Gasteiger partial charge is 0.123 e. The van der Waals surface area contributed by atoms with Gasteiger partial charge in [0.2, 0.25) is 0 Å². The lowest BCUT2D eigenvalue weighted by Crippen LogP contribution is -1.98. The Hall–Kier alpha value is -0.860. The molecule has 2 aromatic rings. The van der Waals surface area contributed by atoms with Gasteiger partial charge in [-0.1, -0.05) is 34.1 Å². The summed E-state index contributed by atoms with van der Waals surface area (Å²) in [6, 6.07) is 12.6. The van der Waals surface area contributed by atoms with Crippen LogP contribution in [0.15, 0.2) is 46.9 Å². The van der Waals surface area contributed by atoms with Crippen molar-refractivity contribution in [2.24, 2.45) is 0 Å². The highest BCUT2D eigenvalue weighted by atomic mass is 79.9. The standard InChI is InChI=1S/C15H13BrClF/c1-10-2-5-12(16)9-14(10)15(17)8-11-3-6-13(18)7-4-11/h2-7,9,15H,8H2,1H3. The number of hydrogen-bond donors (Lipinski definition) is 0. The lowest BCUT2D eigenvalue weighted by Gasteiger charge is -2.13. The maximum Gasteiger partial charge on any atom is 0.123 e. The van der Waals surface area contributed by atoms with Gasteiger partial charge < -0.3 is 0 Å². The molecule has 0 radical (unpaired) electrons. The van der Waals surface area contributed by atoms with Gasteiger partial charge in [0.05, 0.1) is 5.38 Å². The van der Waals surface area contributed by atoms with Crippen LogP contribution in [0.3, 0.4) is 0 Å². The topological polar surface area (TPSA) is 0 Å². The van der Waals surface area contributed by atoms with E-state index in [9.17, 15) is 4.39 Å². The molecule has 0 aliphatic carbocycles. The highest BCUT2D eigenvalue weighted by Gasteiger charge is 2.12. The molecule has 0 heterocycles. The number of aryl methyl sites for hydroxylation is 1. The first-order valence-corrected chi connectivity index (χ1v) is 6.94. The Kier molecular flexibility index (Phi) is 4.41. The van der Waals surface area contributed by atoms with Gasteiger partial charge in [-0.15, -0.1) is 11.6 Å². The van der Waals surface area contributed by atoms with E-state index in [1.807, 2.05) is 25.1 Å². The molecule has 94 valence electrons. The quantitative estimate of drug-likeness (QED) is 0.660. The zero-order valence-electron chi connectivity index (χ0n) is 9.96. The average molecular weight is 328 g/mol. The zero-order chi connectivity index (χ0) is 13.1. The van der Waals surface area contributed by atoms with Crippen LogP contribution in [0, 0.1) is 12.7 Å². The molecule has 0 aliphatic heterocycles. The predicted molar refractivity (Wildman–Crippen MR) is 77.6 cm³/mol. The Morgan fingerprint density at radius 3 is 2.50 bits per heavy atom. The Balaban J connectivity index is 2.18. The Labute approximate surface area is 120 Å². The van der Waals surface area contributed by atoms with Crippen LogP contribution in [0.25, 0.3) is 0 Å². The van der Waals surface area contributed by atoms with Crippen molar-refractivity contribution < 1.29 is 4.39 Å². The molecule has 1 unspecified atom stereocenters. The molecule has 0 bridgehead atoms. The van der Waals surface area contributed by atoms with E-state index < -0.39 is 0 Å². The van der Waals surface area contributed by atoms with Crippen LogP contribution in [-0.4, -0.2) is 0 Å². The molecule has 0 saturated heterocycles. The molecule has 0 aliphatic rings. The van der Waals surface area contributed by atoms with E-state index in [1.165, 1.54) is 17.7 Å². The van der Waals surface area contributed by atoms with Crippen LogP contribution in [0.2, 0.25) is 0 Å². The van der Waals surface area contributed by atoms with Crippen molar-refractivity contribution in [3.8, 4) is 0 Å². The lowest BCUT2D eigenvalue weighted by molar-refractivity contribution is 0.627. The van der Waals surface area contributed by atoms with Gasteiger partial charge in [0.1, 0.15) is 5.82 Å². The van der Waals surface area contributed by atoms with Gasteiger partial charge in [-0.3, -0.25) is 0 Å². The molecule has 18 heavy (non-hydrogen) atoms. The van der Waals surface area contributed by atoms with Gasteiger partial charge in [-0.25, -0.2) is 4.39 Å². The summed E-state index contributed by atoms with van der Waals surface area (Å²) in [7, 11) is 0. The van der Waals surface area contributed by atoms with E-state index in [0.717, 1.165) is 15.6 Å². The van der Waals surface area contributed by atoms with Crippen LogP contribution in [0.5, 0.6) is 0 Å². The van der Waals surface area contributed by atoms with E-state index in [4.69, 9.17) is 11.6 Å². The monoisotopic (exact) mass is 326 g/mol. The number of benzene rings is 2. The molecule has 0 fully saturated rings. The van der Waals surface area contributed by atoms with E-state index in [2.05, 4.69) is 15.9 Å². The van der Waals surface area contributed by atoms with Gasteiger partial charge in [0.15, 0.2) is 0 Å². The van der Waals surface area contributed by atoms with E-state index in [1.54, 1.807) is 12.1 Å². The Morgan fingerprint density at radius 1 is 1.17 bits per heavy atom. The normalized spacial score (nSPS) is 12.4. The molecule has 0 saturated carbocycles. The summed E-state index contributed by atoms with van der Waals surface area (Å²) in [4.78, 5) is 0. The molecule has 3 heteroatoms. The van der Waals surface area contributed by atoms with Crippen molar-refractivity contribution in [1.29, 1.82) is 0 Å². The largest absolute Gasteiger partial charge is 0.207 e.